The van der Waals surface area contributed by atoms with Crippen LogP contribution in [-0.4, -0.2) is 32.4 Å². The number of carbonyl (C=O) groups excluding carboxylic acids is 2. The van der Waals surface area contributed by atoms with Gasteiger partial charge in [0.05, 0.1) is 17.6 Å². The molecule has 10 heteroatoms. The number of nitrogens with one attached hydrogen (secondary N) is 2. The minimum Gasteiger partial charge on any atom is -0.444 e. The van der Waals surface area contributed by atoms with Crippen molar-refractivity contribution in [3.8, 4) is 0 Å². The van der Waals surface area contributed by atoms with Crippen molar-refractivity contribution in [3.63, 3.8) is 0 Å². The van der Waals surface area contributed by atoms with E-state index in [1.165, 1.54) is 27.9 Å². The van der Waals surface area contributed by atoms with Crippen LogP contribution in [0, 0.1) is 0 Å². The molecule has 0 aromatic carbocycles. The monoisotopic (exact) mass is 353 g/mol. The maximum absolute atomic E-state index is 12.1. The molecule has 128 valence electrons. The van der Waals surface area contributed by atoms with Crippen molar-refractivity contribution in [2.24, 2.45) is 7.05 Å². The molecule has 0 unspecified atom stereocenters. The number of rotatable bonds is 3. The molecule has 0 fully saturated rings. The van der Waals surface area contributed by atoms with Gasteiger partial charge in [-0.25, -0.2) is 15.2 Å². The van der Waals surface area contributed by atoms with Gasteiger partial charge in [0.15, 0.2) is 5.82 Å². The van der Waals surface area contributed by atoms with E-state index in [2.05, 4.69) is 20.8 Å². The predicted molar refractivity (Wildman–Crippen MR) is 86.2 cm³/mol. The van der Waals surface area contributed by atoms with Gasteiger partial charge in [-0.15, -0.1) is 9.36 Å². The molecule has 2 amide bonds. The van der Waals surface area contributed by atoms with Crippen LogP contribution >= 0.6 is 11.6 Å². The molecule has 0 saturated heterocycles. The molecule has 0 spiro atoms. The van der Waals surface area contributed by atoms with Gasteiger partial charge in [-0.3, -0.25) is 10.1 Å². The Labute approximate surface area is 143 Å². The van der Waals surface area contributed by atoms with Crippen molar-refractivity contribution in [2.75, 3.05) is 10.7 Å². The van der Waals surface area contributed by atoms with Crippen LogP contribution in [0.4, 0.5) is 10.6 Å². The molecule has 2 N–H and O–H groups in total. The van der Waals surface area contributed by atoms with Crippen molar-refractivity contribution >= 4 is 29.4 Å². The van der Waals surface area contributed by atoms with Gasteiger partial charge in [0.1, 0.15) is 5.60 Å². The van der Waals surface area contributed by atoms with E-state index in [1.54, 1.807) is 34.1 Å². The molecule has 2 aromatic heterocycles. The molecule has 0 aliphatic carbocycles. The first kappa shape index (κ1) is 17.7. The first-order valence-electron chi connectivity index (χ1n) is 7.01. The van der Waals surface area contributed by atoms with Crippen molar-refractivity contribution in [1.29, 1.82) is 0 Å². The highest BCUT2D eigenvalue weighted by Gasteiger charge is 2.18. The minimum absolute atomic E-state index is 0.108. The Balaban J connectivity index is 2.06. The Hall–Kier alpha value is -2.68. The minimum atomic E-state index is -0.681. The molecule has 0 saturated carbocycles. The zero-order valence-corrected chi connectivity index (χ0v) is 14.5. The average Bonchev–Trinajstić information content (AvgIpc) is 2.84. The Bertz CT molecular complexity index is 768. The van der Waals surface area contributed by atoms with Crippen molar-refractivity contribution in [1.82, 2.24) is 14.8 Å². The van der Waals surface area contributed by atoms with Gasteiger partial charge in [0.25, 0.3) is 12.2 Å². The van der Waals surface area contributed by atoms with Gasteiger partial charge >= 0.3 is 6.09 Å². The van der Waals surface area contributed by atoms with Crippen LogP contribution in [-0.2, 0) is 11.8 Å². The molecular formula is C14H18ClN6O3+. The van der Waals surface area contributed by atoms with Gasteiger partial charge in [-0.2, -0.15) is 0 Å². The molecule has 0 atom stereocenters. The lowest BCUT2D eigenvalue weighted by atomic mass is 10.2. The van der Waals surface area contributed by atoms with Crippen molar-refractivity contribution < 1.29 is 19.0 Å². The van der Waals surface area contributed by atoms with Gasteiger partial charge in [-0.05, 0) is 26.8 Å². The van der Waals surface area contributed by atoms with E-state index in [0.29, 0.717) is 0 Å². The Kier molecular flexibility index (Phi) is 5.03. The standard InChI is InChI=1S/C14H17ClN6O3/c1-14(2,3)24-13(23)18-11-10(15)5-9(6-16-11)12(22)19-21-7-17-20(4)8-21/h5-8H,1-4H3,(H-,16,18,19,22,23)/p+1. The highest BCUT2D eigenvalue weighted by Crippen LogP contribution is 2.21. The number of aryl methyl sites for hydroxylation is 1. The molecule has 2 rings (SSSR count). The summed E-state index contributed by atoms with van der Waals surface area (Å²) >= 11 is 6.06. The number of hydrogen-bond donors (Lipinski definition) is 2. The number of anilines is 1. The molecule has 9 nitrogen and oxygen atoms in total. The molecular weight excluding hydrogens is 336 g/mol. The number of halogens is 1. The molecule has 0 aliphatic heterocycles. The first-order chi connectivity index (χ1) is 11.1. The molecule has 0 bridgehead atoms. The second-order valence-electron chi connectivity index (χ2n) is 5.95. The quantitative estimate of drug-likeness (QED) is 0.814. The second kappa shape index (κ2) is 6.83. The zero-order chi connectivity index (χ0) is 17.9. The van der Waals surface area contributed by atoms with E-state index in [9.17, 15) is 9.59 Å². The maximum Gasteiger partial charge on any atom is 0.413 e. The Morgan fingerprint density at radius 1 is 1.38 bits per heavy atom. The normalized spacial score (nSPS) is 11.0. The van der Waals surface area contributed by atoms with Crippen molar-refractivity contribution in [2.45, 2.75) is 26.4 Å². The van der Waals surface area contributed by atoms with E-state index in [1.807, 2.05) is 0 Å². The van der Waals surface area contributed by atoms with E-state index >= 15 is 0 Å². The third kappa shape index (κ3) is 4.92. The summed E-state index contributed by atoms with van der Waals surface area (Å²) in [5, 5.41) is 6.47. The summed E-state index contributed by atoms with van der Waals surface area (Å²) in [5.74, 6) is -0.317. The maximum atomic E-state index is 12.1. The number of carbonyl (C=O) groups is 2. The Morgan fingerprint density at radius 3 is 2.62 bits per heavy atom. The first-order valence-corrected chi connectivity index (χ1v) is 7.38. The fourth-order valence-corrected chi connectivity index (χ4v) is 1.88. The van der Waals surface area contributed by atoms with Crippen LogP contribution in [0.25, 0.3) is 0 Å². The van der Waals surface area contributed by atoms with Gasteiger partial charge in [0.2, 0.25) is 6.33 Å². The highest BCUT2D eigenvalue weighted by atomic mass is 35.5. The summed E-state index contributed by atoms with van der Waals surface area (Å²) in [6.45, 7) is 5.22. The largest absolute Gasteiger partial charge is 0.444 e. The summed E-state index contributed by atoms with van der Waals surface area (Å²) in [6, 6.07) is 1.40. The van der Waals surface area contributed by atoms with Crippen LogP contribution in [0.15, 0.2) is 24.9 Å². The predicted octanol–water partition coefficient (Wildman–Crippen LogP) is 1.49. The fourth-order valence-electron chi connectivity index (χ4n) is 1.67. The van der Waals surface area contributed by atoms with Gasteiger partial charge in [-0.1, -0.05) is 11.6 Å². The molecule has 0 aliphatic rings. The highest BCUT2D eigenvalue weighted by molar-refractivity contribution is 6.33. The SMILES string of the molecule is Cn1c[n+](NC(=O)c2cnc(NC(=O)OC(C)(C)C)c(Cl)c2)cn1. The van der Waals surface area contributed by atoms with E-state index in [4.69, 9.17) is 16.3 Å². The topological polar surface area (TPSA) is 102 Å². The summed E-state index contributed by atoms with van der Waals surface area (Å²) in [5.41, 5.74) is 2.17. The third-order valence-electron chi connectivity index (χ3n) is 2.60. The molecule has 2 heterocycles. The number of ether oxygens (including phenoxy) is 1. The number of pyridine rings is 1. The summed E-state index contributed by atoms with van der Waals surface area (Å²) in [6.07, 6.45) is 3.63. The molecule has 0 radical (unpaired) electrons. The average molecular weight is 354 g/mol. The van der Waals surface area contributed by atoms with E-state index in [0.717, 1.165) is 0 Å². The lowest BCUT2D eigenvalue weighted by molar-refractivity contribution is -0.642. The fraction of sp³-hybridized carbons (Fsp3) is 0.357. The summed E-state index contributed by atoms with van der Waals surface area (Å²) in [7, 11) is 1.72. The number of hydrogen-bond acceptors (Lipinski definition) is 5. The lowest BCUT2D eigenvalue weighted by Crippen LogP contribution is -2.46. The zero-order valence-electron chi connectivity index (χ0n) is 13.7. The number of nitrogens with zero attached hydrogens (tertiary/aromatic N) is 4. The van der Waals surface area contributed by atoms with Crippen LogP contribution in [0.5, 0.6) is 0 Å². The van der Waals surface area contributed by atoms with Crippen LogP contribution < -0.4 is 15.4 Å². The van der Waals surface area contributed by atoms with Crippen LogP contribution in [0.1, 0.15) is 31.1 Å². The summed E-state index contributed by atoms with van der Waals surface area (Å²) < 4.78 is 8.03. The Morgan fingerprint density at radius 2 is 2.08 bits per heavy atom. The van der Waals surface area contributed by atoms with E-state index in [-0.39, 0.29) is 16.4 Å². The van der Waals surface area contributed by atoms with Crippen LogP contribution in [0.3, 0.4) is 0 Å². The third-order valence-corrected chi connectivity index (χ3v) is 2.89. The second-order valence-corrected chi connectivity index (χ2v) is 6.36. The smallest absolute Gasteiger partial charge is 0.413 e. The van der Waals surface area contributed by atoms with E-state index < -0.39 is 17.6 Å². The van der Waals surface area contributed by atoms with Crippen molar-refractivity contribution in [3.05, 3.63) is 35.5 Å². The lowest BCUT2D eigenvalue weighted by Gasteiger charge is -2.19. The number of aromatic nitrogens is 4. The number of amides is 2. The molecule has 24 heavy (non-hydrogen) atoms. The van der Waals surface area contributed by atoms with Gasteiger partial charge < -0.3 is 4.74 Å². The van der Waals surface area contributed by atoms with Gasteiger partial charge in [0, 0.05) is 11.3 Å². The molecule has 2 aromatic rings. The van der Waals surface area contributed by atoms with Crippen LogP contribution in [0.2, 0.25) is 5.02 Å². The summed E-state index contributed by atoms with van der Waals surface area (Å²) in [4.78, 5) is 27.8.